The van der Waals surface area contributed by atoms with E-state index in [9.17, 15) is 4.79 Å². The number of nitrogens with one attached hydrogen (secondary N) is 1. The van der Waals surface area contributed by atoms with Gasteiger partial charge < -0.3 is 19.7 Å². The van der Waals surface area contributed by atoms with Crippen LogP contribution in [0.15, 0.2) is 28.9 Å². The molecular formula is C16H15ClN4O3. The number of fused-ring (bicyclic) bond motifs is 3. The van der Waals surface area contributed by atoms with Crippen molar-refractivity contribution in [1.82, 2.24) is 15.3 Å². The Morgan fingerprint density at radius 2 is 2.29 bits per heavy atom. The van der Waals surface area contributed by atoms with Crippen molar-refractivity contribution in [2.24, 2.45) is 0 Å². The number of anilines is 1. The summed E-state index contributed by atoms with van der Waals surface area (Å²) in [4.78, 5) is 21.7. The zero-order chi connectivity index (χ0) is 16.9. The van der Waals surface area contributed by atoms with Crippen LogP contribution >= 0.6 is 11.6 Å². The van der Waals surface area contributed by atoms with Gasteiger partial charge in [-0.05, 0) is 31.5 Å². The van der Waals surface area contributed by atoms with Crippen molar-refractivity contribution in [3.05, 3.63) is 29.5 Å². The highest BCUT2D eigenvalue weighted by molar-refractivity contribution is 6.31. The summed E-state index contributed by atoms with van der Waals surface area (Å²) in [6.07, 6.45) is 1.16. The van der Waals surface area contributed by atoms with E-state index in [2.05, 4.69) is 15.3 Å². The average Bonchev–Trinajstić information content (AvgIpc) is 3.07. The third-order valence-electron chi connectivity index (χ3n) is 4.38. The van der Waals surface area contributed by atoms with Crippen LogP contribution in [0.1, 0.15) is 13.3 Å². The Balaban J connectivity index is 1.78. The molecule has 0 aliphatic carbocycles. The molecule has 3 heterocycles. The van der Waals surface area contributed by atoms with Crippen LogP contribution in [-0.4, -0.2) is 39.8 Å². The van der Waals surface area contributed by atoms with Crippen LogP contribution < -0.4 is 10.2 Å². The molecule has 7 nitrogen and oxygen atoms in total. The van der Waals surface area contributed by atoms with Gasteiger partial charge in [-0.1, -0.05) is 11.6 Å². The molecule has 0 bridgehead atoms. The molecule has 4 rings (SSSR count). The quantitative estimate of drug-likeness (QED) is 0.740. The van der Waals surface area contributed by atoms with Gasteiger partial charge in [0.05, 0.1) is 5.54 Å². The van der Waals surface area contributed by atoms with Crippen LogP contribution in [0.5, 0.6) is 0 Å². The molecule has 1 aromatic carbocycles. The van der Waals surface area contributed by atoms with Crippen LogP contribution in [0.2, 0.25) is 5.02 Å². The number of carboxylic acid groups (broad SMARTS) is 1. The minimum atomic E-state index is -1.02. The summed E-state index contributed by atoms with van der Waals surface area (Å²) in [5.74, 6) is 0.670. The van der Waals surface area contributed by atoms with Gasteiger partial charge in [0, 0.05) is 23.5 Å². The van der Waals surface area contributed by atoms with Gasteiger partial charge in [-0.25, -0.2) is 14.8 Å². The van der Waals surface area contributed by atoms with Gasteiger partial charge >= 0.3 is 6.09 Å². The Labute approximate surface area is 142 Å². The summed E-state index contributed by atoms with van der Waals surface area (Å²) < 4.78 is 5.94. The van der Waals surface area contributed by atoms with Crippen LogP contribution in [0.25, 0.3) is 22.1 Å². The molecule has 1 amide bonds. The SMILES string of the molecule is CC1(NC(=O)O)CCN(c2ncnc3c2oc2ccc(Cl)cc23)C1. The van der Waals surface area contributed by atoms with Crippen molar-refractivity contribution in [3.63, 3.8) is 0 Å². The van der Waals surface area contributed by atoms with Crippen molar-refractivity contribution in [2.45, 2.75) is 18.9 Å². The number of rotatable bonds is 2. The maximum atomic E-state index is 11.0. The Kier molecular flexibility index (Phi) is 3.28. The largest absolute Gasteiger partial charge is 0.465 e. The molecule has 0 radical (unpaired) electrons. The van der Waals surface area contributed by atoms with E-state index < -0.39 is 11.6 Å². The van der Waals surface area contributed by atoms with Gasteiger partial charge in [-0.2, -0.15) is 0 Å². The zero-order valence-corrected chi connectivity index (χ0v) is 13.7. The number of carbonyl (C=O) groups is 1. The molecule has 2 N–H and O–H groups in total. The fourth-order valence-corrected chi connectivity index (χ4v) is 3.44. The second kappa shape index (κ2) is 5.24. The Hall–Kier alpha value is -2.54. The number of halogens is 1. The molecule has 24 heavy (non-hydrogen) atoms. The van der Waals surface area contributed by atoms with Crippen molar-refractivity contribution < 1.29 is 14.3 Å². The fraction of sp³-hybridized carbons (Fsp3) is 0.312. The van der Waals surface area contributed by atoms with E-state index in [1.54, 1.807) is 6.07 Å². The fourth-order valence-electron chi connectivity index (χ4n) is 3.26. The number of hydrogen-bond donors (Lipinski definition) is 2. The molecule has 1 atom stereocenters. The van der Waals surface area contributed by atoms with Crippen LogP contribution in [0, 0.1) is 0 Å². The van der Waals surface area contributed by atoms with Crippen LogP contribution in [-0.2, 0) is 0 Å². The van der Waals surface area contributed by atoms with E-state index in [4.69, 9.17) is 21.1 Å². The molecule has 2 aromatic heterocycles. The number of hydrogen-bond acceptors (Lipinski definition) is 5. The van der Waals surface area contributed by atoms with Crippen molar-refractivity contribution in [2.75, 3.05) is 18.0 Å². The Morgan fingerprint density at radius 3 is 3.08 bits per heavy atom. The number of furan rings is 1. The molecule has 3 aromatic rings. The highest BCUT2D eigenvalue weighted by Crippen LogP contribution is 2.35. The molecule has 1 saturated heterocycles. The van der Waals surface area contributed by atoms with E-state index in [0.717, 1.165) is 5.39 Å². The first-order chi connectivity index (χ1) is 11.5. The maximum Gasteiger partial charge on any atom is 0.405 e. The second-order valence-corrected chi connectivity index (χ2v) is 6.72. The maximum absolute atomic E-state index is 11.0. The van der Waals surface area contributed by atoms with E-state index in [1.165, 1.54) is 6.33 Å². The van der Waals surface area contributed by atoms with Gasteiger partial charge in [0.2, 0.25) is 0 Å². The lowest BCUT2D eigenvalue weighted by molar-refractivity contribution is 0.182. The first kappa shape index (κ1) is 15.0. The number of benzene rings is 1. The lowest BCUT2D eigenvalue weighted by Crippen LogP contribution is -2.47. The molecule has 124 valence electrons. The first-order valence-electron chi connectivity index (χ1n) is 7.54. The third kappa shape index (κ3) is 2.41. The summed E-state index contributed by atoms with van der Waals surface area (Å²) in [5, 5.41) is 13.0. The summed E-state index contributed by atoms with van der Waals surface area (Å²) >= 11 is 6.07. The average molecular weight is 347 g/mol. The summed E-state index contributed by atoms with van der Waals surface area (Å²) in [6.45, 7) is 3.09. The molecular weight excluding hydrogens is 332 g/mol. The summed E-state index contributed by atoms with van der Waals surface area (Å²) in [7, 11) is 0. The monoisotopic (exact) mass is 346 g/mol. The second-order valence-electron chi connectivity index (χ2n) is 6.28. The third-order valence-corrected chi connectivity index (χ3v) is 4.61. The highest BCUT2D eigenvalue weighted by Gasteiger charge is 2.37. The van der Waals surface area contributed by atoms with Gasteiger partial charge in [0.15, 0.2) is 11.4 Å². The minimum absolute atomic E-state index is 0.515. The van der Waals surface area contributed by atoms with E-state index >= 15 is 0 Å². The predicted octanol–water partition coefficient (Wildman–Crippen LogP) is 3.27. The summed E-state index contributed by atoms with van der Waals surface area (Å²) in [5.41, 5.74) is 1.48. The van der Waals surface area contributed by atoms with E-state index in [1.807, 2.05) is 24.0 Å². The molecule has 8 heteroatoms. The zero-order valence-electron chi connectivity index (χ0n) is 12.9. The van der Waals surface area contributed by atoms with E-state index in [0.29, 0.717) is 47.0 Å². The van der Waals surface area contributed by atoms with Gasteiger partial charge in [0.1, 0.15) is 17.4 Å². The Morgan fingerprint density at radius 1 is 1.46 bits per heavy atom. The molecule has 1 fully saturated rings. The predicted molar refractivity (Wildman–Crippen MR) is 90.7 cm³/mol. The van der Waals surface area contributed by atoms with Crippen molar-refractivity contribution in [1.29, 1.82) is 0 Å². The number of aromatic nitrogens is 2. The van der Waals surface area contributed by atoms with Crippen LogP contribution in [0.3, 0.4) is 0 Å². The Bertz CT molecular complexity index is 957. The van der Waals surface area contributed by atoms with Crippen LogP contribution in [0.4, 0.5) is 10.6 Å². The van der Waals surface area contributed by atoms with Gasteiger partial charge in [-0.15, -0.1) is 0 Å². The minimum Gasteiger partial charge on any atom is -0.465 e. The molecule has 0 spiro atoms. The first-order valence-corrected chi connectivity index (χ1v) is 7.92. The highest BCUT2D eigenvalue weighted by atomic mass is 35.5. The molecule has 1 aliphatic heterocycles. The molecule has 0 saturated carbocycles. The molecule has 1 aliphatic rings. The lowest BCUT2D eigenvalue weighted by Gasteiger charge is -2.24. The normalized spacial score (nSPS) is 20.8. The number of nitrogens with zero attached hydrogens (tertiary/aromatic N) is 3. The standard InChI is InChI=1S/C16H15ClN4O3/c1-16(20-15(22)23)4-5-21(7-16)14-13-12(18-8-19-14)10-6-9(17)2-3-11(10)24-13/h2-3,6,8,20H,4-5,7H2,1H3,(H,22,23). The smallest absolute Gasteiger partial charge is 0.405 e. The van der Waals surface area contributed by atoms with Gasteiger partial charge in [-0.3, -0.25) is 0 Å². The summed E-state index contributed by atoms with van der Waals surface area (Å²) in [6, 6.07) is 5.39. The lowest BCUT2D eigenvalue weighted by atomic mass is 10.0. The number of amides is 1. The van der Waals surface area contributed by atoms with Crippen molar-refractivity contribution >= 4 is 45.6 Å². The van der Waals surface area contributed by atoms with Gasteiger partial charge in [0.25, 0.3) is 0 Å². The van der Waals surface area contributed by atoms with E-state index in [-0.39, 0.29) is 0 Å². The topological polar surface area (TPSA) is 91.5 Å². The molecule has 1 unspecified atom stereocenters. The van der Waals surface area contributed by atoms with Crippen molar-refractivity contribution in [3.8, 4) is 0 Å².